The molecular formula is C25H29F3N8O. The van der Waals surface area contributed by atoms with Gasteiger partial charge in [0.1, 0.15) is 12.4 Å². The minimum atomic E-state index is -4.40. The highest BCUT2D eigenvalue weighted by molar-refractivity contribution is 5.59. The molecule has 2 aromatic heterocycles. The highest BCUT2D eigenvalue weighted by Gasteiger charge is 2.30. The maximum Gasteiger partial charge on any atom is 0.416 e. The first kappa shape index (κ1) is 26.4. The molecule has 196 valence electrons. The van der Waals surface area contributed by atoms with Gasteiger partial charge >= 0.3 is 6.18 Å². The highest BCUT2D eigenvalue weighted by Crippen LogP contribution is 2.31. The molecule has 1 aliphatic rings. The lowest BCUT2D eigenvalue weighted by molar-refractivity contribution is -0.137. The molecule has 1 aromatic carbocycles. The van der Waals surface area contributed by atoms with Gasteiger partial charge in [-0.2, -0.15) is 23.3 Å². The van der Waals surface area contributed by atoms with Crippen LogP contribution in [0, 0.1) is 6.92 Å². The smallest absolute Gasteiger partial charge is 0.379 e. The molecule has 0 atom stereocenters. The zero-order chi connectivity index (χ0) is 26.1. The van der Waals surface area contributed by atoms with Crippen LogP contribution in [0.3, 0.4) is 0 Å². The summed E-state index contributed by atoms with van der Waals surface area (Å²) in [4.78, 5) is 15.4. The molecule has 0 aliphatic carbocycles. The van der Waals surface area contributed by atoms with Crippen molar-refractivity contribution in [3.63, 3.8) is 0 Å². The molecule has 0 spiro atoms. The van der Waals surface area contributed by atoms with Crippen LogP contribution in [0.2, 0.25) is 0 Å². The number of morpholine rings is 1. The standard InChI is InChI=1S/C25H29F3N8O/c1-18-14-23(29-8-3-9-36-10-12-37-13-11-36)34-24(32-18)35-31-17-21-6-7-22(16-30-21)33-20-5-2-4-19(15-20)25(26,27)28/h2,4-7,14-16,33H,3,8-13,17H2,1H3,(H,29,32,34). The minimum absolute atomic E-state index is 0.212. The number of pyridine rings is 1. The Morgan fingerprint density at radius 3 is 2.65 bits per heavy atom. The summed E-state index contributed by atoms with van der Waals surface area (Å²) in [5.74, 6) is 0.963. The lowest BCUT2D eigenvalue weighted by atomic mass is 10.2. The molecule has 4 rings (SSSR count). The van der Waals surface area contributed by atoms with E-state index in [0.29, 0.717) is 22.9 Å². The van der Waals surface area contributed by atoms with Gasteiger partial charge in [-0.15, -0.1) is 5.11 Å². The van der Waals surface area contributed by atoms with Crippen LogP contribution >= 0.6 is 0 Å². The van der Waals surface area contributed by atoms with Crippen molar-refractivity contribution in [2.24, 2.45) is 10.2 Å². The molecule has 2 N–H and O–H groups in total. The van der Waals surface area contributed by atoms with Crippen LogP contribution in [0.4, 0.5) is 36.3 Å². The Morgan fingerprint density at radius 2 is 1.89 bits per heavy atom. The van der Waals surface area contributed by atoms with Crippen molar-refractivity contribution in [2.75, 3.05) is 50.0 Å². The molecule has 0 saturated carbocycles. The van der Waals surface area contributed by atoms with Gasteiger partial charge in [-0.25, -0.2) is 4.98 Å². The van der Waals surface area contributed by atoms with E-state index in [9.17, 15) is 13.2 Å². The molecule has 9 nitrogen and oxygen atoms in total. The van der Waals surface area contributed by atoms with Crippen molar-refractivity contribution in [1.29, 1.82) is 0 Å². The molecule has 0 unspecified atom stereocenters. The largest absolute Gasteiger partial charge is 0.416 e. The second kappa shape index (κ2) is 12.5. The molecule has 0 radical (unpaired) electrons. The summed E-state index contributed by atoms with van der Waals surface area (Å²) in [7, 11) is 0. The SMILES string of the molecule is Cc1cc(NCCCN2CCOCC2)nc(N=NCc2ccc(Nc3cccc(C(F)(F)F)c3)cn2)n1. The van der Waals surface area contributed by atoms with E-state index in [0.717, 1.165) is 63.6 Å². The molecule has 1 aliphatic heterocycles. The lowest BCUT2D eigenvalue weighted by Gasteiger charge is -2.26. The van der Waals surface area contributed by atoms with Gasteiger partial charge < -0.3 is 15.4 Å². The Balaban J connectivity index is 1.26. The van der Waals surface area contributed by atoms with Crippen molar-refractivity contribution >= 4 is 23.1 Å². The number of aryl methyl sites for hydroxylation is 1. The van der Waals surface area contributed by atoms with Gasteiger partial charge in [0.25, 0.3) is 5.95 Å². The molecular weight excluding hydrogens is 485 g/mol. The van der Waals surface area contributed by atoms with E-state index in [1.807, 2.05) is 13.0 Å². The van der Waals surface area contributed by atoms with E-state index in [2.05, 4.69) is 40.7 Å². The van der Waals surface area contributed by atoms with Crippen LogP contribution in [-0.2, 0) is 17.5 Å². The van der Waals surface area contributed by atoms with Gasteiger partial charge in [-0.05, 0) is 50.2 Å². The molecule has 1 saturated heterocycles. The Bertz CT molecular complexity index is 1180. The predicted octanol–water partition coefficient (Wildman–Crippen LogP) is 5.36. The van der Waals surface area contributed by atoms with Crippen LogP contribution in [0.5, 0.6) is 0 Å². The van der Waals surface area contributed by atoms with Crippen LogP contribution in [0.15, 0.2) is 58.9 Å². The van der Waals surface area contributed by atoms with E-state index in [-0.39, 0.29) is 12.5 Å². The maximum atomic E-state index is 12.9. The number of anilines is 3. The zero-order valence-corrected chi connectivity index (χ0v) is 20.5. The number of nitrogens with zero attached hydrogens (tertiary/aromatic N) is 6. The molecule has 12 heteroatoms. The summed E-state index contributed by atoms with van der Waals surface area (Å²) in [6.45, 7) is 7.42. The number of ether oxygens (including phenoxy) is 1. The third-order valence-electron chi connectivity index (χ3n) is 5.60. The molecule has 0 bridgehead atoms. The quantitative estimate of drug-likeness (QED) is 0.278. The third-order valence-corrected chi connectivity index (χ3v) is 5.60. The van der Waals surface area contributed by atoms with E-state index in [4.69, 9.17) is 4.74 Å². The monoisotopic (exact) mass is 514 g/mol. The number of hydrogen-bond donors (Lipinski definition) is 2. The fraction of sp³-hybridized carbons (Fsp3) is 0.400. The van der Waals surface area contributed by atoms with E-state index in [1.54, 1.807) is 18.2 Å². The summed E-state index contributed by atoms with van der Waals surface area (Å²) in [5, 5.41) is 14.5. The number of azo groups is 1. The Morgan fingerprint density at radius 1 is 1.05 bits per heavy atom. The predicted molar refractivity (Wildman–Crippen MR) is 134 cm³/mol. The molecule has 0 amide bonds. The van der Waals surface area contributed by atoms with Gasteiger partial charge in [-0.3, -0.25) is 9.88 Å². The number of halogens is 3. The first-order valence-electron chi connectivity index (χ1n) is 12.0. The number of rotatable bonds is 10. The lowest BCUT2D eigenvalue weighted by Crippen LogP contribution is -2.37. The van der Waals surface area contributed by atoms with E-state index < -0.39 is 11.7 Å². The summed E-state index contributed by atoms with van der Waals surface area (Å²) < 4.78 is 44.1. The topological polar surface area (TPSA) is 99.9 Å². The number of alkyl halides is 3. The number of benzene rings is 1. The number of aromatic nitrogens is 3. The molecule has 1 fully saturated rings. The van der Waals surface area contributed by atoms with E-state index >= 15 is 0 Å². The average Bonchev–Trinajstić information content (AvgIpc) is 2.88. The number of hydrogen-bond acceptors (Lipinski definition) is 9. The second-order valence-electron chi connectivity index (χ2n) is 8.57. The molecule has 37 heavy (non-hydrogen) atoms. The molecule has 3 aromatic rings. The Labute approximate surface area is 213 Å². The Kier molecular flexibility index (Phi) is 8.96. The third kappa shape index (κ3) is 8.46. The average molecular weight is 515 g/mol. The van der Waals surface area contributed by atoms with Gasteiger partial charge in [0.15, 0.2) is 0 Å². The second-order valence-corrected chi connectivity index (χ2v) is 8.57. The minimum Gasteiger partial charge on any atom is -0.379 e. The first-order valence-corrected chi connectivity index (χ1v) is 12.0. The van der Waals surface area contributed by atoms with Gasteiger partial charge in [0.2, 0.25) is 0 Å². The fourth-order valence-electron chi connectivity index (χ4n) is 3.74. The van der Waals surface area contributed by atoms with Crippen molar-refractivity contribution < 1.29 is 17.9 Å². The van der Waals surface area contributed by atoms with Crippen molar-refractivity contribution in [2.45, 2.75) is 26.1 Å². The summed E-state index contributed by atoms with van der Waals surface area (Å²) in [6, 6.07) is 10.3. The van der Waals surface area contributed by atoms with Crippen LogP contribution < -0.4 is 10.6 Å². The fourth-order valence-corrected chi connectivity index (χ4v) is 3.74. The Hall–Kier alpha value is -3.64. The van der Waals surface area contributed by atoms with Gasteiger partial charge in [0.05, 0.1) is 36.4 Å². The molecule has 3 heterocycles. The highest BCUT2D eigenvalue weighted by atomic mass is 19.4. The zero-order valence-electron chi connectivity index (χ0n) is 20.5. The summed E-state index contributed by atoms with van der Waals surface area (Å²) in [5.41, 5.74) is 1.60. The van der Waals surface area contributed by atoms with E-state index in [1.165, 1.54) is 12.3 Å². The number of nitrogens with one attached hydrogen (secondary N) is 2. The maximum absolute atomic E-state index is 12.9. The summed E-state index contributed by atoms with van der Waals surface area (Å²) in [6.07, 6.45) is -1.87. The summed E-state index contributed by atoms with van der Waals surface area (Å²) >= 11 is 0. The van der Waals surface area contributed by atoms with Gasteiger partial charge in [0, 0.05) is 37.1 Å². The normalized spacial score (nSPS) is 14.7. The first-order chi connectivity index (χ1) is 17.8. The van der Waals surface area contributed by atoms with Gasteiger partial charge in [-0.1, -0.05) is 6.07 Å². The van der Waals surface area contributed by atoms with Crippen LogP contribution in [0.25, 0.3) is 0 Å². The van der Waals surface area contributed by atoms with Crippen molar-refractivity contribution in [3.05, 3.63) is 65.6 Å². The van der Waals surface area contributed by atoms with Crippen molar-refractivity contribution in [1.82, 2.24) is 19.9 Å². The van der Waals surface area contributed by atoms with Crippen LogP contribution in [-0.4, -0.2) is 59.2 Å². The van der Waals surface area contributed by atoms with Crippen molar-refractivity contribution in [3.8, 4) is 0 Å². The van der Waals surface area contributed by atoms with Crippen LogP contribution in [0.1, 0.15) is 23.4 Å².